The van der Waals surface area contributed by atoms with Crippen molar-refractivity contribution in [3.05, 3.63) is 42.6 Å². The van der Waals surface area contributed by atoms with Crippen LogP contribution < -0.4 is 9.47 Å². The average Bonchev–Trinajstić information content (AvgIpc) is 2.86. The molecule has 3 heteroatoms. The Hall–Kier alpha value is -2.29. The Morgan fingerprint density at radius 1 is 0.882 bits per heavy atom. The van der Waals surface area contributed by atoms with Gasteiger partial charge in [0.05, 0.1) is 5.52 Å². The van der Waals surface area contributed by atoms with Crippen molar-refractivity contribution >= 4 is 21.7 Å². The molecule has 1 aromatic heterocycles. The highest BCUT2D eigenvalue weighted by Crippen LogP contribution is 2.40. The molecule has 0 radical (unpaired) electrons. The number of rotatable bonds is 0. The van der Waals surface area contributed by atoms with E-state index in [9.17, 15) is 0 Å². The Kier molecular flexibility index (Phi) is 1.61. The molecule has 0 amide bonds. The molecule has 3 aromatic rings. The van der Waals surface area contributed by atoms with Gasteiger partial charge in [-0.05, 0) is 23.6 Å². The molecule has 4 rings (SSSR count). The SMILES string of the molecule is c1ccc2c(c1)ncc1c3c(ccc12)OCO3. The van der Waals surface area contributed by atoms with Crippen molar-refractivity contribution in [2.45, 2.75) is 0 Å². The van der Waals surface area contributed by atoms with E-state index < -0.39 is 0 Å². The van der Waals surface area contributed by atoms with Crippen LogP contribution in [0.1, 0.15) is 0 Å². The highest BCUT2D eigenvalue weighted by atomic mass is 16.7. The zero-order valence-electron chi connectivity index (χ0n) is 9.01. The molecular weight excluding hydrogens is 214 g/mol. The summed E-state index contributed by atoms with van der Waals surface area (Å²) in [7, 11) is 0. The summed E-state index contributed by atoms with van der Waals surface area (Å²) in [6.45, 7) is 0.293. The molecule has 3 nitrogen and oxygen atoms in total. The Labute approximate surface area is 97.6 Å². The number of hydrogen-bond acceptors (Lipinski definition) is 3. The van der Waals surface area contributed by atoms with Crippen molar-refractivity contribution in [3.8, 4) is 11.5 Å². The number of para-hydroxylation sites is 1. The zero-order valence-corrected chi connectivity index (χ0v) is 9.01. The third kappa shape index (κ3) is 1.13. The largest absolute Gasteiger partial charge is 0.454 e. The number of fused-ring (bicyclic) bond motifs is 5. The predicted molar refractivity (Wildman–Crippen MR) is 65.4 cm³/mol. The third-order valence-corrected chi connectivity index (χ3v) is 3.10. The molecule has 0 fully saturated rings. The number of pyridine rings is 1. The van der Waals surface area contributed by atoms with E-state index in [1.807, 2.05) is 30.5 Å². The first kappa shape index (κ1) is 8.82. The van der Waals surface area contributed by atoms with Gasteiger partial charge in [-0.2, -0.15) is 0 Å². The molecule has 1 aliphatic heterocycles. The molecule has 2 heterocycles. The standard InChI is InChI=1S/C14H9NO2/c1-2-4-12-10(3-1)9-5-6-13-14(17-8-16-13)11(9)7-15-12/h1-7H,8H2. The number of aromatic nitrogens is 1. The molecule has 0 N–H and O–H groups in total. The van der Waals surface area contributed by atoms with Gasteiger partial charge in [-0.25, -0.2) is 0 Å². The van der Waals surface area contributed by atoms with E-state index in [0.717, 1.165) is 33.2 Å². The monoisotopic (exact) mass is 223 g/mol. The van der Waals surface area contributed by atoms with E-state index in [-0.39, 0.29) is 0 Å². The van der Waals surface area contributed by atoms with Crippen LogP contribution >= 0.6 is 0 Å². The van der Waals surface area contributed by atoms with Crippen molar-refractivity contribution < 1.29 is 9.47 Å². The number of ether oxygens (including phenoxy) is 2. The van der Waals surface area contributed by atoms with Gasteiger partial charge in [0, 0.05) is 17.0 Å². The van der Waals surface area contributed by atoms with Crippen LogP contribution in [0, 0.1) is 0 Å². The second-order valence-electron chi connectivity index (χ2n) is 4.04. The Morgan fingerprint density at radius 2 is 1.82 bits per heavy atom. The summed E-state index contributed by atoms with van der Waals surface area (Å²) in [4.78, 5) is 4.45. The summed E-state index contributed by atoms with van der Waals surface area (Å²) in [6, 6.07) is 12.1. The minimum atomic E-state index is 0.293. The molecule has 2 aromatic carbocycles. The highest BCUT2D eigenvalue weighted by molar-refractivity contribution is 6.08. The summed E-state index contributed by atoms with van der Waals surface area (Å²) in [5.41, 5.74) is 0.999. The molecule has 0 aliphatic carbocycles. The highest BCUT2D eigenvalue weighted by Gasteiger charge is 2.17. The van der Waals surface area contributed by atoms with Gasteiger partial charge in [-0.15, -0.1) is 0 Å². The first-order chi connectivity index (χ1) is 8.43. The minimum Gasteiger partial charge on any atom is -0.454 e. The first-order valence-corrected chi connectivity index (χ1v) is 5.49. The van der Waals surface area contributed by atoms with E-state index in [2.05, 4.69) is 17.1 Å². The Balaban J connectivity index is 2.22. The van der Waals surface area contributed by atoms with Gasteiger partial charge in [0.1, 0.15) is 0 Å². The Bertz CT molecular complexity index is 737. The van der Waals surface area contributed by atoms with Gasteiger partial charge in [0.25, 0.3) is 0 Å². The van der Waals surface area contributed by atoms with Crippen molar-refractivity contribution in [2.24, 2.45) is 0 Å². The normalized spacial score (nSPS) is 13.4. The van der Waals surface area contributed by atoms with Crippen LogP contribution in [-0.4, -0.2) is 11.8 Å². The molecule has 0 saturated carbocycles. The maximum Gasteiger partial charge on any atom is 0.231 e. The molecule has 0 spiro atoms. The molecular formula is C14H9NO2. The van der Waals surface area contributed by atoms with E-state index >= 15 is 0 Å². The summed E-state index contributed by atoms with van der Waals surface area (Å²) in [5.74, 6) is 1.61. The van der Waals surface area contributed by atoms with Crippen LogP contribution in [-0.2, 0) is 0 Å². The van der Waals surface area contributed by atoms with Crippen LogP contribution in [0.25, 0.3) is 21.7 Å². The van der Waals surface area contributed by atoms with Crippen LogP contribution in [0.2, 0.25) is 0 Å². The van der Waals surface area contributed by atoms with Crippen LogP contribution in [0.15, 0.2) is 42.6 Å². The fourth-order valence-corrected chi connectivity index (χ4v) is 2.31. The lowest BCUT2D eigenvalue weighted by Gasteiger charge is -2.05. The summed E-state index contributed by atoms with van der Waals surface area (Å²) in [6.07, 6.45) is 1.85. The molecule has 1 aliphatic rings. The number of nitrogens with zero attached hydrogens (tertiary/aromatic N) is 1. The Morgan fingerprint density at radius 3 is 2.82 bits per heavy atom. The molecule has 0 unspecified atom stereocenters. The predicted octanol–water partition coefficient (Wildman–Crippen LogP) is 3.12. The second kappa shape index (κ2) is 3.10. The summed E-state index contributed by atoms with van der Waals surface area (Å²) < 4.78 is 10.9. The fraction of sp³-hybridized carbons (Fsp3) is 0.0714. The van der Waals surface area contributed by atoms with Crippen LogP contribution in [0.4, 0.5) is 0 Å². The molecule has 0 atom stereocenters. The van der Waals surface area contributed by atoms with E-state index in [4.69, 9.17) is 9.47 Å². The molecule has 17 heavy (non-hydrogen) atoms. The lowest BCUT2D eigenvalue weighted by atomic mass is 10.1. The fourth-order valence-electron chi connectivity index (χ4n) is 2.31. The van der Waals surface area contributed by atoms with Crippen LogP contribution in [0.3, 0.4) is 0 Å². The molecule has 0 saturated heterocycles. The third-order valence-electron chi connectivity index (χ3n) is 3.10. The van der Waals surface area contributed by atoms with Gasteiger partial charge < -0.3 is 9.47 Å². The topological polar surface area (TPSA) is 31.4 Å². The van der Waals surface area contributed by atoms with Crippen molar-refractivity contribution in [2.75, 3.05) is 6.79 Å². The van der Waals surface area contributed by atoms with Gasteiger partial charge in [-0.3, -0.25) is 4.98 Å². The maximum atomic E-state index is 5.50. The summed E-state index contributed by atoms with van der Waals surface area (Å²) in [5, 5.41) is 3.31. The van der Waals surface area contributed by atoms with Gasteiger partial charge in [-0.1, -0.05) is 18.2 Å². The lowest BCUT2D eigenvalue weighted by Crippen LogP contribution is -1.93. The molecule has 82 valence electrons. The number of benzene rings is 2. The van der Waals surface area contributed by atoms with E-state index in [1.54, 1.807) is 0 Å². The van der Waals surface area contributed by atoms with Crippen molar-refractivity contribution in [1.29, 1.82) is 0 Å². The van der Waals surface area contributed by atoms with Gasteiger partial charge in [0.2, 0.25) is 6.79 Å². The van der Waals surface area contributed by atoms with Crippen molar-refractivity contribution in [1.82, 2.24) is 4.98 Å². The van der Waals surface area contributed by atoms with Gasteiger partial charge in [0.15, 0.2) is 11.5 Å². The van der Waals surface area contributed by atoms with Gasteiger partial charge >= 0.3 is 0 Å². The van der Waals surface area contributed by atoms with E-state index in [0.29, 0.717) is 6.79 Å². The van der Waals surface area contributed by atoms with Crippen molar-refractivity contribution in [3.63, 3.8) is 0 Å². The molecule has 0 bridgehead atoms. The minimum absolute atomic E-state index is 0.293. The first-order valence-electron chi connectivity index (χ1n) is 5.49. The summed E-state index contributed by atoms with van der Waals surface area (Å²) >= 11 is 0. The zero-order chi connectivity index (χ0) is 11.2. The van der Waals surface area contributed by atoms with E-state index in [1.165, 1.54) is 0 Å². The smallest absolute Gasteiger partial charge is 0.231 e. The van der Waals surface area contributed by atoms with Crippen LogP contribution in [0.5, 0.6) is 11.5 Å². The quantitative estimate of drug-likeness (QED) is 0.549. The second-order valence-corrected chi connectivity index (χ2v) is 4.04. The number of hydrogen-bond donors (Lipinski definition) is 0. The average molecular weight is 223 g/mol. The maximum absolute atomic E-state index is 5.50. The lowest BCUT2D eigenvalue weighted by molar-refractivity contribution is 0.175.